The first-order valence-corrected chi connectivity index (χ1v) is 7.02. The number of aromatic nitrogens is 1. The van der Waals surface area contributed by atoms with Crippen LogP contribution in [0.25, 0.3) is 0 Å². The Balaban J connectivity index is 1.80. The van der Waals surface area contributed by atoms with Crippen molar-refractivity contribution in [2.75, 3.05) is 6.54 Å². The lowest BCUT2D eigenvalue weighted by Crippen LogP contribution is -2.39. The van der Waals surface area contributed by atoms with E-state index in [-0.39, 0.29) is 0 Å². The number of hydrogen-bond donors (Lipinski definition) is 2. The van der Waals surface area contributed by atoms with E-state index in [0.717, 1.165) is 32.2 Å². The zero-order valence-electron chi connectivity index (χ0n) is 11.3. The molecule has 1 fully saturated rings. The molecule has 1 aromatic rings. The van der Waals surface area contributed by atoms with Crippen LogP contribution in [0.15, 0.2) is 18.5 Å². The lowest BCUT2D eigenvalue weighted by molar-refractivity contribution is 0.0250. The van der Waals surface area contributed by atoms with Crippen LogP contribution in [0.4, 0.5) is 0 Å². The Labute approximate surface area is 110 Å². The lowest BCUT2D eigenvalue weighted by atomic mass is 9.94. The Hall–Kier alpha value is -0.930. The SMILES string of the molecule is Cc1cncc(CNCC2(O)CCCCCC2)c1. The van der Waals surface area contributed by atoms with Gasteiger partial charge in [0.15, 0.2) is 0 Å². The quantitative estimate of drug-likeness (QED) is 0.805. The molecule has 1 aromatic heterocycles. The highest BCUT2D eigenvalue weighted by atomic mass is 16.3. The van der Waals surface area contributed by atoms with Gasteiger partial charge in [-0.25, -0.2) is 0 Å². The van der Waals surface area contributed by atoms with E-state index in [1.807, 2.05) is 12.4 Å². The second-order valence-electron chi connectivity index (χ2n) is 5.61. The Morgan fingerprint density at radius 3 is 2.61 bits per heavy atom. The number of aryl methyl sites for hydroxylation is 1. The summed E-state index contributed by atoms with van der Waals surface area (Å²) in [5, 5.41) is 13.9. The van der Waals surface area contributed by atoms with Crippen molar-refractivity contribution >= 4 is 0 Å². The smallest absolute Gasteiger partial charge is 0.0771 e. The topological polar surface area (TPSA) is 45.2 Å². The van der Waals surface area contributed by atoms with Crippen molar-refractivity contribution in [2.24, 2.45) is 0 Å². The van der Waals surface area contributed by atoms with Crippen LogP contribution < -0.4 is 5.32 Å². The summed E-state index contributed by atoms with van der Waals surface area (Å²) in [5.41, 5.74) is 1.88. The molecule has 0 unspecified atom stereocenters. The van der Waals surface area contributed by atoms with Crippen molar-refractivity contribution in [1.29, 1.82) is 0 Å². The van der Waals surface area contributed by atoms with Gasteiger partial charge in [-0.1, -0.05) is 31.7 Å². The number of hydrogen-bond acceptors (Lipinski definition) is 3. The molecule has 2 N–H and O–H groups in total. The molecular formula is C15H24N2O. The lowest BCUT2D eigenvalue weighted by Gasteiger charge is -2.27. The predicted molar refractivity (Wildman–Crippen MR) is 73.3 cm³/mol. The third kappa shape index (κ3) is 4.07. The molecule has 1 aliphatic rings. The zero-order chi connectivity index (χ0) is 12.8. The summed E-state index contributed by atoms with van der Waals surface area (Å²) in [6, 6.07) is 2.14. The number of aliphatic hydroxyl groups is 1. The van der Waals surface area contributed by atoms with E-state index in [4.69, 9.17) is 0 Å². The fraction of sp³-hybridized carbons (Fsp3) is 0.667. The third-order valence-electron chi connectivity index (χ3n) is 3.75. The molecule has 18 heavy (non-hydrogen) atoms. The highest BCUT2D eigenvalue weighted by molar-refractivity contribution is 5.16. The molecule has 3 nitrogen and oxygen atoms in total. The molecule has 0 amide bonds. The Bertz CT molecular complexity index is 371. The third-order valence-corrected chi connectivity index (χ3v) is 3.75. The van der Waals surface area contributed by atoms with E-state index < -0.39 is 5.60 Å². The van der Waals surface area contributed by atoms with Gasteiger partial charge in [-0.05, 0) is 30.9 Å². The zero-order valence-corrected chi connectivity index (χ0v) is 11.3. The number of rotatable bonds is 4. The maximum Gasteiger partial charge on any atom is 0.0771 e. The molecule has 1 saturated carbocycles. The maximum atomic E-state index is 10.5. The normalized spacial score (nSPS) is 19.4. The minimum Gasteiger partial charge on any atom is -0.389 e. The van der Waals surface area contributed by atoms with Gasteiger partial charge in [-0.3, -0.25) is 4.98 Å². The van der Waals surface area contributed by atoms with Crippen LogP contribution in [0.5, 0.6) is 0 Å². The molecule has 0 atom stereocenters. The molecule has 1 aliphatic carbocycles. The Morgan fingerprint density at radius 1 is 1.22 bits per heavy atom. The largest absolute Gasteiger partial charge is 0.389 e. The molecule has 0 aromatic carbocycles. The first kappa shape index (κ1) is 13.5. The van der Waals surface area contributed by atoms with Crippen LogP contribution in [-0.4, -0.2) is 22.2 Å². The standard InChI is InChI=1S/C15H24N2O/c1-13-8-14(10-16-9-13)11-17-12-15(18)6-4-2-3-5-7-15/h8-10,17-18H,2-7,11-12H2,1H3. The summed E-state index contributed by atoms with van der Waals surface area (Å²) in [6.45, 7) is 3.53. The molecule has 0 aliphatic heterocycles. The average Bonchev–Trinajstić information content (AvgIpc) is 2.55. The van der Waals surface area contributed by atoms with E-state index in [1.54, 1.807) is 0 Å². The predicted octanol–water partition coefficient (Wildman–Crippen LogP) is 2.56. The Kier molecular flexibility index (Phi) is 4.72. The van der Waals surface area contributed by atoms with Crippen LogP contribution in [0.2, 0.25) is 0 Å². The van der Waals surface area contributed by atoms with Crippen molar-refractivity contribution in [3.8, 4) is 0 Å². The Morgan fingerprint density at radius 2 is 1.94 bits per heavy atom. The minimum atomic E-state index is -0.492. The van der Waals surface area contributed by atoms with Gasteiger partial charge < -0.3 is 10.4 Å². The summed E-state index contributed by atoms with van der Waals surface area (Å²) in [7, 11) is 0. The molecule has 3 heteroatoms. The van der Waals surface area contributed by atoms with Crippen LogP contribution in [0.3, 0.4) is 0 Å². The van der Waals surface area contributed by atoms with E-state index in [1.165, 1.54) is 24.0 Å². The maximum absolute atomic E-state index is 10.5. The molecule has 0 radical (unpaired) electrons. The highest BCUT2D eigenvalue weighted by Crippen LogP contribution is 2.26. The minimum absolute atomic E-state index is 0.492. The first-order chi connectivity index (χ1) is 8.68. The molecule has 0 spiro atoms. The summed E-state index contributed by atoms with van der Waals surface area (Å²) < 4.78 is 0. The summed E-state index contributed by atoms with van der Waals surface area (Å²) >= 11 is 0. The number of nitrogens with one attached hydrogen (secondary N) is 1. The monoisotopic (exact) mass is 248 g/mol. The van der Waals surface area contributed by atoms with Crippen molar-refractivity contribution in [3.63, 3.8) is 0 Å². The fourth-order valence-electron chi connectivity index (χ4n) is 2.72. The van der Waals surface area contributed by atoms with Gasteiger partial charge in [0.2, 0.25) is 0 Å². The molecule has 0 saturated heterocycles. The van der Waals surface area contributed by atoms with Gasteiger partial charge >= 0.3 is 0 Å². The van der Waals surface area contributed by atoms with Crippen LogP contribution in [0, 0.1) is 6.92 Å². The second-order valence-corrected chi connectivity index (χ2v) is 5.61. The summed E-state index contributed by atoms with van der Waals surface area (Å²) in [4.78, 5) is 4.18. The summed E-state index contributed by atoms with van der Waals surface area (Å²) in [5.74, 6) is 0. The summed E-state index contributed by atoms with van der Waals surface area (Å²) in [6.07, 6.45) is 10.5. The molecule has 2 rings (SSSR count). The van der Waals surface area contributed by atoms with Crippen LogP contribution >= 0.6 is 0 Å². The van der Waals surface area contributed by atoms with E-state index in [0.29, 0.717) is 6.54 Å². The fourth-order valence-corrected chi connectivity index (χ4v) is 2.72. The number of nitrogens with zero attached hydrogens (tertiary/aromatic N) is 1. The molecule has 100 valence electrons. The van der Waals surface area contributed by atoms with E-state index in [9.17, 15) is 5.11 Å². The highest BCUT2D eigenvalue weighted by Gasteiger charge is 2.27. The van der Waals surface area contributed by atoms with Crippen LogP contribution in [-0.2, 0) is 6.54 Å². The molecule has 1 heterocycles. The van der Waals surface area contributed by atoms with Gasteiger partial charge in [0.1, 0.15) is 0 Å². The van der Waals surface area contributed by atoms with Gasteiger partial charge in [0.05, 0.1) is 5.60 Å². The number of pyridine rings is 1. The van der Waals surface area contributed by atoms with Crippen molar-refractivity contribution in [2.45, 2.75) is 57.6 Å². The van der Waals surface area contributed by atoms with E-state index in [2.05, 4.69) is 23.3 Å². The second kappa shape index (κ2) is 6.30. The van der Waals surface area contributed by atoms with E-state index >= 15 is 0 Å². The van der Waals surface area contributed by atoms with Gasteiger partial charge in [-0.2, -0.15) is 0 Å². The molecular weight excluding hydrogens is 224 g/mol. The van der Waals surface area contributed by atoms with Gasteiger partial charge in [0, 0.05) is 25.5 Å². The van der Waals surface area contributed by atoms with Gasteiger partial charge in [0.25, 0.3) is 0 Å². The van der Waals surface area contributed by atoms with Gasteiger partial charge in [-0.15, -0.1) is 0 Å². The van der Waals surface area contributed by atoms with Crippen molar-refractivity contribution < 1.29 is 5.11 Å². The molecule has 0 bridgehead atoms. The van der Waals surface area contributed by atoms with Crippen LogP contribution in [0.1, 0.15) is 49.7 Å². The van der Waals surface area contributed by atoms with Crippen molar-refractivity contribution in [1.82, 2.24) is 10.3 Å². The first-order valence-electron chi connectivity index (χ1n) is 7.02. The average molecular weight is 248 g/mol. The van der Waals surface area contributed by atoms with Crippen molar-refractivity contribution in [3.05, 3.63) is 29.6 Å².